The predicted octanol–water partition coefficient (Wildman–Crippen LogP) is 3.31. The lowest BCUT2D eigenvalue weighted by molar-refractivity contribution is 0.153. The molecule has 88 valence electrons. The van der Waals surface area contributed by atoms with Crippen molar-refractivity contribution in [1.29, 1.82) is 0 Å². The van der Waals surface area contributed by atoms with Gasteiger partial charge >= 0.3 is 0 Å². The number of hydrogen-bond donors (Lipinski definition) is 1. The van der Waals surface area contributed by atoms with Crippen molar-refractivity contribution < 1.29 is 9.84 Å². The fourth-order valence-electron chi connectivity index (χ4n) is 1.78. The molecule has 0 amide bonds. The van der Waals surface area contributed by atoms with E-state index in [-0.39, 0.29) is 6.10 Å². The molecule has 0 bridgehead atoms. The van der Waals surface area contributed by atoms with Crippen molar-refractivity contribution in [2.24, 2.45) is 5.92 Å². The third-order valence-electron chi connectivity index (χ3n) is 3.06. The first-order chi connectivity index (χ1) is 7.81. The van der Waals surface area contributed by atoms with Crippen molar-refractivity contribution >= 4 is 0 Å². The van der Waals surface area contributed by atoms with Gasteiger partial charge in [0.2, 0.25) is 0 Å². The molecule has 0 radical (unpaired) electrons. The molecule has 1 aromatic carbocycles. The third kappa shape index (κ3) is 2.99. The largest absolute Gasteiger partial charge is 0.494 e. The molecule has 0 aromatic heterocycles. The van der Waals surface area contributed by atoms with Crippen molar-refractivity contribution in [3.05, 3.63) is 29.8 Å². The van der Waals surface area contributed by atoms with Crippen LogP contribution < -0.4 is 4.74 Å². The molecule has 0 heterocycles. The molecule has 2 rings (SSSR count). The summed E-state index contributed by atoms with van der Waals surface area (Å²) in [5.41, 5.74) is 1.02. The summed E-state index contributed by atoms with van der Waals surface area (Å²) < 4.78 is 5.58. The van der Waals surface area contributed by atoms with Crippen molar-refractivity contribution in [1.82, 2.24) is 0 Å². The molecular formula is C14H20O2. The van der Waals surface area contributed by atoms with Gasteiger partial charge in [0.1, 0.15) is 5.75 Å². The Kier molecular flexibility index (Phi) is 3.83. The molecule has 16 heavy (non-hydrogen) atoms. The molecule has 1 saturated carbocycles. The summed E-state index contributed by atoms with van der Waals surface area (Å²) >= 11 is 0. The average Bonchev–Trinajstić information content (AvgIpc) is 3.13. The summed E-state index contributed by atoms with van der Waals surface area (Å²) in [6, 6.07) is 7.86. The molecule has 1 unspecified atom stereocenters. The Morgan fingerprint density at radius 2 is 2.00 bits per heavy atom. The summed E-state index contributed by atoms with van der Waals surface area (Å²) in [5, 5.41) is 9.92. The Morgan fingerprint density at radius 3 is 2.56 bits per heavy atom. The molecule has 1 fully saturated rings. The van der Waals surface area contributed by atoms with Crippen LogP contribution in [0.1, 0.15) is 44.3 Å². The van der Waals surface area contributed by atoms with Gasteiger partial charge in [0.05, 0.1) is 12.7 Å². The number of ether oxygens (including phenoxy) is 1. The van der Waals surface area contributed by atoms with E-state index in [4.69, 9.17) is 4.74 Å². The van der Waals surface area contributed by atoms with E-state index in [9.17, 15) is 5.11 Å². The van der Waals surface area contributed by atoms with Crippen molar-refractivity contribution in [2.75, 3.05) is 6.61 Å². The molecular weight excluding hydrogens is 200 g/mol. The van der Waals surface area contributed by atoms with E-state index in [1.165, 1.54) is 0 Å². The SMILES string of the molecule is CCCCOc1ccc(C(O)C2CC2)cc1. The number of aliphatic hydroxyl groups excluding tert-OH is 1. The van der Waals surface area contributed by atoms with Crippen LogP contribution in [0, 0.1) is 5.92 Å². The fraction of sp³-hybridized carbons (Fsp3) is 0.571. The summed E-state index contributed by atoms with van der Waals surface area (Å²) in [4.78, 5) is 0. The summed E-state index contributed by atoms with van der Waals surface area (Å²) in [6.45, 7) is 2.93. The van der Waals surface area contributed by atoms with Crippen LogP contribution in [0.15, 0.2) is 24.3 Å². The highest BCUT2D eigenvalue weighted by Gasteiger charge is 2.30. The van der Waals surface area contributed by atoms with Crippen LogP contribution in [0.2, 0.25) is 0 Å². The van der Waals surface area contributed by atoms with Crippen LogP contribution in [0.3, 0.4) is 0 Å². The topological polar surface area (TPSA) is 29.5 Å². The lowest BCUT2D eigenvalue weighted by atomic mass is 10.1. The highest BCUT2D eigenvalue weighted by molar-refractivity contribution is 5.29. The summed E-state index contributed by atoms with van der Waals surface area (Å²) in [6.07, 6.45) is 4.29. The lowest BCUT2D eigenvalue weighted by Gasteiger charge is -2.10. The molecule has 1 aliphatic carbocycles. The monoisotopic (exact) mass is 220 g/mol. The van der Waals surface area contributed by atoms with Gasteiger partial charge in [-0.3, -0.25) is 0 Å². The maximum absolute atomic E-state index is 9.92. The zero-order valence-corrected chi connectivity index (χ0v) is 9.86. The Hall–Kier alpha value is -1.02. The normalized spacial score (nSPS) is 17.1. The van der Waals surface area contributed by atoms with E-state index in [0.29, 0.717) is 5.92 Å². The number of benzene rings is 1. The lowest BCUT2D eigenvalue weighted by Crippen LogP contribution is -2.00. The van der Waals surface area contributed by atoms with E-state index in [1.807, 2.05) is 24.3 Å². The van der Waals surface area contributed by atoms with Crippen LogP contribution in [-0.2, 0) is 0 Å². The van der Waals surface area contributed by atoms with Crippen LogP contribution in [0.4, 0.5) is 0 Å². The Bertz CT molecular complexity index is 314. The molecule has 1 aliphatic rings. The molecule has 1 N–H and O–H groups in total. The van der Waals surface area contributed by atoms with Crippen molar-refractivity contribution in [3.63, 3.8) is 0 Å². The first-order valence-corrected chi connectivity index (χ1v) is 6.22. The first kappa shape index (κ1) is 11.5. The van der Waals surface area contributed by atoms with Gasteiger partial charge in [0.15, 0.2) is 0 Å². The van der Waals surface area contributed by atoms with Crippen LogP contribution in [0.25, 0.3) is 0 Å². The molecule has 1 aromatic rings. The van der Waals surface area contributed by atoms with Gasteiger partial charge in [0, 0.05) is 0 Å². The molecule has 2 nitrogen and oxygen atoms in total. The number of aliphatic hydroxyl groups is 1. The van der Waals surface area contributed by atoms with Gasteiger partial charge < -0.3 is 9.84 Å². The smallest absolute Gasteiger partial charge is 0.119 e. The molecule has 0 saturated heterocycles. The Balaban J connectivity index is 1.88. The second-order valence-electron chi connectivity index (χ2n) is 4.55. The quantitative estimate of drug-likeness (QED) is 0.745. The second kappa shape index (κ2) is 5.35. The van der Waals surface area contributed by atoms with E-state index in [1.54, 1.807) is 0 Å². The predicted molar refractivity (Wildman–Crippen MR) is 64.5 cm³/mol. The first-order valence-electron chi connectivity index (χ1n) is 6.22. The highest BCUT2D eigenvalue weighted by atomic mass is 16.5. The van der Waals surface area contributed by atoms with E-state index >= 15 is 0 Å². The molecule has 0 aliphatic heterocycles. The minimum atomic E-state index is -0.273. The number of unbranched alkanes of at least 4 members (excludes halogenated alkanes) is 1. The zero-order chi connectivity index (χ0) is 11.4. The van der Waals surface area contributed by atoms with Gasteiger partial charge in [0.25, 0.3) is 0 Å². The Labute approximate surface area is 97.3 Å². The van der Waals surface area contributed by atoms with Crippen molar-refractivity contribution in [3.8, 4) is 5.75 Å². The van der Waals surface area contributed by atoms with Gasteiger partial charge in [-0.05, 0) is 42.9 Å². The molecule has 2 heteroatoms. The average molecular weight is 220 g/mol. The van der Waals surface area contributed by atoms with E-state index in [2.05, 4.69) is 6.92 Å². The van der Waals surface area contributed by atoms with Crippen molar-refractivity contribution in [2.45, 2.75) is 38.7 Å². The van der Waals surface area contributed by atoms with E-state index < -0.39 is 0 Å². The maximum atomic E-state index is 9.92. The van der Waals surface area contributed by atoms with Crippen LogP contribution >= 0.6 is 0 Å². The van der Waals surface area contributed by atoms with Gasteiger partial charge in [-0.25, -0.2) is 0 Å². The zero-order valence-electron chi connectivity index (χ0n) is 9.86. The third-order valence-corrected chi connectivity index (χ3v) is 3.06. The van der Waals surface area contributed by atoms with E-state index in [0.717, 1.165) is 43.6 Å². The minimum Gasteiger partial charge on any atom is -0.494 e. The second-order valence-corrected chi connectivity index (χ2v) is 4.55. The fourth-order valence-corrected chi connectivity index (χ4v) is 1.78. The maximum Gasteiger partial charge on any atom is 0.119 e. The number of hydrogen-bond acceptors (Lipinski definition) is 2. The highest BCUT2D eigenvalue weighted by Crippen LogP contribution is 2.40. The number of rotatable bonds is 6. The molecule has 0 spiro atoms. The standard InChI is InChI=1S/C14H20O2/c1-2-3-10-16-13-8-6-12(7-9-13)14(15)11-4-5-11/h6-9,11,14-15H,2-5,10H2,1H3. The van der Waals surface area contributed by atoms with Gasteiger partial charge in [-0.1, -0.05) is 25.5 Å². The van der Waals surface area contributed by atoms with Gasteiger partial charge in [-0.15, -0.1) is 0 Å². The van der Waals surface area contributed by atoms with Crippen LogP contribution in [0.5, 0.6) is 5.75 Å². The summed E-state index contributed by atoms with van der Waals surface area (Å²) in [7, 11) is 0. The van der Waals surface area contributed by atoms with Crippen LogP contribution in [-0.4, -0.2) is 11.7 Å². The minimum absolute atomic E-state index is 0.273. The van der Waals surface area contributed by atoms with Gasteiger partial charge in [-0.2, -0.15) is 0 Å². The summed E-state index contributed by atoms with van der Waals surface area (Å²) in [5.74, 6) is 1.40. The molecule has 1 atom stereocenters. The Morgan fingerprint density at radius 1 is 1.31 bits per heavy atom.